The van der Waals surface area contributed by atoms with Crippen LogP contribution in [0.4, 0.5) is 0 Å². The molecule has 0 aromatic carbocycles. The summed E-state index contributed by atoms with van der Waals surface area (Å²) >= 11 is 0. The molecule has 1 atom stereocenters. The Bertz CT molecular complexity index is 1080. The Morgan fingerprint density at radius 1 is 0.775 bits per heavy atom. The minimum atomic E-state index is -1.06. The summed E-state index contributed by atoms with van der Waals surface area (Å²) in [5, 5.41) is 2.99. The molecule has 6 amide bonds. The Balaban J connectivity index is 2.13. The number of hydrogen-bond acceptors (Lipinski definition) is 11. The minimum absolute atomic E-state index is 0.119. The first-order valence-corrected chi connectivity index (χ1v) is 12.1. The molecule has 2 heterocycles. The van der Waals surface area contributed by atoms with E-state index in [2.05, 4.69) is 5.32 Å². The SMILES string of the molecule is C#CC(=O)CCC(CNC(=O)C#C)C(=O)N(CCC(=O)ON1C(=O)CCC1=O)CCC(=O)ON1C(=O)CCC1=O. The van der Waals surface area contributed by atoms with Crippen LogP contribution in [0.2, 0.25) is 0 Å². The number of nitrogens with zero attached hydrogens (tertiary/aromatic N) is 3. The second-order valence-electron chi connectivity index (χ2n) is 8.57. The molecule has 15 nitrogen and oxygen atoms in total. The third-order valence-electron chi connectivity index (χ3n) is 5.75. The van der Waals surface area contributed by atoms with E-state index >= 15 is 0 Å². The molecule has 2 aliphatic heterocycles. The molecule has 2 aliphatic rings. The summed E-state index contributed by atoms with van der Waals surface area (Å²) in [5.74, 6) is -4.40. The summed E-state index contributed by atoms with van der Waals surface area (Å²) in [6.45, 7) is -1.07. The Hall–Kier alpha value is -5.05. The number of carbonyl (C=O) groups is 9. The van der Waals surface area contributed by atoms with Gasteiger partial charge in [0.1, 0.15) is 0 Å². The fourth-order valence-corrected chi connectivity index (χ4v) is 3.61. The largest absolute Gasteiger partial charge is 0.344 e. The molecule has 0 aromatic heterocycles. The maximum atomic E-state index is 13.4. The van der Waals surface area contributed by atoms with Crippen molar-refractivity contribution in [3.63, 3.8) is 0 Å². The smallest absolute Gasteiger partial charge is 0.334 e. The zero-order chi connectivity index (χ0) is 29.8. The normalized spacial score (nSPS) is 15.2. The second kappa shape index (κ2) is 14.8. The zero-order valence-corrected chi connectivity index (χ0v) is 21.3. The molecule has 0 aromatic rings. The number of hydrogen-bond donors (Lipinski definition) is 1. The molecule has 2 saturated heterocycles. The number of hydroxylamine groups is 4. The monoisotopic (exact) mass is 558 g/mol. The predicted molar refractivity (Wildman–Crippen MR) is 129 cm³/mol. The van der Waals surface area contributed by atoms with Gasteiger partial charge in [0.2, 0.25) is 11.7 Å². The van der Waals surface area contributed by atoms with Crippen molar-refractivity contribution < 1.29 is 52.8 Å². The molecule has 0 saturated carbocycles. The molecule has 0 radical (unpaired) electrons. The fourth-order valence-electron chi connectivity index (χ4n) is 3.61. The molecule has 0 bridgehead atoms. The molecular formula is C25H26N4O11. The Morgan fingerprint density at radius 3 is 1.62 bits per heavy atom. The van der Waals surface area contributed by atoms with Crippen LogP contribution in [0.5, 0.6) is 0 Å². The van der Waals surface area contributed by atoms with Crippen molar-refractivity contribution in [2.45, 2.75) is 51.4 Å². The zero-order valence-electron chi connectivity index (χ0n) is 21.3. The van der Waals surface area contributed by atoms with Gasteiger partial charge in [-0.25, -0.2) is 9.59 Å². The summed E-state index contributed by atoms with van der Waals surface area (Å²) in [6, 6.07) is 0. The highest BCUT2D eigenvalue weighted by Gasteiger charge is 2.35. The number of rotatable bonds is 14. The van der Waals surface area contributed by atoms with Gasteiger partial charge in [-0.05, 0) is 18.3 Å². The van der Waals surface area contributed by atoms with Gasteiger partial charge in [-0.2, -0.15) is 0 Å². The van der Waals surface area contributed by atoms with Crippen molar-refractivity contribution in [2.75, 3.05) is 19.6 Å². The lowest BCUT2D eigenvalue weighted by Crippen LogP contribution is -2.44. The Labute approximate surface area is 228 Å². The van der Waals surface area contributed by atoms with Crippen LogP contribution in [0, 0.1) is 30.6 Å². The van der Waals surface area contributed by atoms with Crippen LogP contribution >= 0.6 is 0 Å². The van der Waals surface area contributed by atoms with Crippen LogP contribution in [0.3, 0.4) is 0 Å². The number of Topliss-reactive ketones (excluding diaryl/α,β-unsaturated/α-hetero) is 1. The van der Waals surface area contributed by atoms with E-state index in [1.54, 1.807) is 0 Å². The molecule has 15 heteroatoms. The molecule has 212 valence electrons. The first-order valence-electron chi connectivity index (χ1n) is 12.1. The van der Waals surface area contributed by atoms with Gasteiger partial charge in [0.15, 0.2) is 0 Å². The van der Waals surface area contributed by atoms with Gasteiger partial charge in [-0.1, -0.05) is 0 Å². The molecule has 2 fully saturated rings. The van der Waals surface area contributed by atoms with E-state index in [1.807, 2.05) is 11.8 Å². The van der Waals surface area contributed by atoms with Gasteiger partial charge in [0.05, 0.1) is 18.8 Å². The lowest BCUT2D eigenvalue weighted by molar-refractivity contribution is -0.198. The number of nitrogens with one attached hydrogen (secondary N) is 1. The highest BCUT2D eigenvalue weighted by molar-refractivity contribution is 6.02. The van der Waals surface area contributed by atoms with Crippen LogP contribution < -0.4 is 5.32 Å². The van der Waals surface area contributed by atoms with Gasteiger partial charge < -0.3 is 19.9 Å². The lowest BCUT2D eigenvalue weighted by Gasteiger charge is -2.27. The average molecular weight is 559 g/mol. The van der Waals surface area contributed by atoms with Gasteiger partial charge in [-0.3, -0.25) is 33.6 Å². The van der Waals surface area contributed by atoms with Crippen molar-refractivity contribution >= 4 is 53.2 Å². The maximum absolute atomic E-state index is 13.4. The minimum Gasteiger partial charge on any atom is -0.344 e. The Morgan fingerprint density at radius 2 is 1.23 bits per heavy atom. The molecule has 40 heavy (non-hydrogen) atoms. The number of terminal acetylenes is 2. The third kappa shape index (κ3) is 9.05. The maximum Gasteiger partial charge on any atom is 0.334 e. The second-order valence-corrected chi connectivity index (χ2v) is 8.57. The summed E-state index contributed by atoms with van der Waals surface area (Å²) in [7, 11) is 0. The number of carbonyl (C=O) groups excluding carboxylic acids is 9. The first kappa shape index (κ1) is 31.2. The number of imide groups is 2. The van der Waals surface area contributed by atoms with E-state index in [1.165, 1.54) is 0 Å². The van der Waals surface area contributed by atoms with Crippen LogP contribution in [0.25, 0.3) is 0 Å². The van der Waals surface area contributed by atoms with Crippen molar-refractivity contribution in [1.29, 1.82) is 0 Å². The van der Waals surface area contributed by atoms with E-state index in [0.29, 0.717) is 10.1 Å². The van der Waals surface area contributed by atoms with Crippen molar-refractivity contribution in [3.05, 3.63) is 0 Å². The third-order valence-corrected chi connectivity index (χ3v) is 5.75. The van der Waals surface area contributed by atoms with Crippen molar-refractivity contribution in [3.8, 4) is 24.7 Å². The molecular weight excluding hydrogens is 532 g/mol. The van der Waals surface area contributed by atoms with E-state index in [4.69, 9.17) is 22.5 Å². The topological polar surface area (TPSA) is 194 Å². The summed E-state index contributed by atoms with van der Waals surface area (Å²) in [4.78, 5) is 119. The summed E-state index contributed by atoms with van der Waals surface area (Å²) in [5.41, 5.74) is 0. The summed E-state index contributed by atoms with van der Waals surface area (Å²) in [6.07, 6.45) is 8.23. The van der Waals surface area contributed by atoms with Gasteiger partial charge in [0, 0.05) is 51.7 Å². The van der Waals surface area contributed by atoms with Gasteiger partial charge >= 0.3 is 11.9 Å². The van der Waals surface area contributed by atoms with Crippen LogP contribution in [-0.4, -0.2) is 87.8 Å². The fraction of sp³-hybridized carbons (Fsp3) is 0.480. The van der Waals surface area contributed by atoms with Gasteiger partial charge in [-0.15, -0.1) is 23.0 Å². The highest BCUT2D eigenvalue weighted by atomic mass is 16.7. The summed E-state index contributed by atoms with van der Waals surface area (Å²) < 4.78 is 0. The standard InChI is InChI=1S/C25H26N4O11/c1-3-17(30)6-5-16(15-26-18(31)4-2)25(38)27(13-11-23(36)39-28-19(32)7-8-20(28)33)14-12-24(37)40-29-21(34)9-10-22(29)35/h1-2,16H,5-15H2,(H,26,31). The molecule has 1 N–H and O–H groups in total. The van der Waals surface area contributed by atoms with E-state index in [9.17, 15) is 43.2 Å². The highest BCUT2D eigenvalue weighted by Crippen LogP contribution is 2.16. The molecule has 0 spiro atoms. The number of ketones is 1. The quantitative estimate of drug-likeness (QED) is 0.143. The van der Waals surface area contributed by atoms with E-state index < -0.39 is 71.9 Å². The lowest BCUT2D eigenvalue weighted by atomic mass is 9.99. The van der Waals surface area contributed by atoms with E-state index in [0.717, 1.165) is 4.90 Å². The Kier molecular flexibility index (Phi) is 11.5. The van der Waals surface area contributed by atoms with Crippen molar-refractivity contribution in [2.24, 2.45) is 5.92 Å². The van der Waals surface area contributed by atoms with Crippen molar-refractivity contribution in [1.82, 2.24) is 20.3 Å². The van der Waals surface area contributed by atoms with Gasteiger partial charge in [0.25, 0.3) is 29.5 Å². The average Bonchev–Trinajstić information content (AvgIpc) is 3.42. The van der Waals surface area contributed by atoms with Crippen LogP contribution in [0.15, 0.2) is 0 Å². The molecule has 0 aliphatic carbocycles. The predicted octanol–water partition coefficient (Wildman–Crippen LogP) is -1.84. The number of amides is 6. The molecule has 1 unspecified atom stereocenters. The molecule has 2 rings (SSSR count). The van der Waals surface area contributed by atoms with Crippen LogP contribution in [0.1, 0.15) is 51.4 Å². The van der Waals surface area contributed by atoms with E-state index in [-0.39, 0.29) is 58.2 Å². The first-order chi connectivity index (χ1) is 19.0. The van der Waals surface area contributed by atoms with Crippen LogP contribution in [-0.2, 0) is 52.8 Å².